The highest BCUT2D eigenvalue weighted by Crippen LogP contribution is 2.11. The number of amides is 1. The van der Waals surface area contributed by atoms with Crippen LogP contribution in [0.4, 0.5) is 0 Å². The van der Waals surface area contributed by atoms with Crippen molar-refractivity contribution in [3.63, 3.8) is 0 Å². The lowest BCUT2D eigenvalue weighted by Gasteiger charge is -2.15. The van der Waals surface area contributed by atoms with E-state index in [4.69, 9.17) is 0 Å². The Kier molecular flexibility index (Phi) is 4.55. The van der Waals surface area contributed by atoms with Gasteiger partial charge in [-0.15, -0.1) is 0 Å². The Hall–Kier alpha value is -1.10. The van der Waals surface area contributed by atoms with Gasteiger partial charge in [-0.1, -0.05) is 6.92 Å². The number of likely N-dealkylation sites (N-methyl/N-ethyl adjacent to an activating group) is 1. The molecule has 0 aromatic heterocycles. The summed E-state index contributed by atoms with van der Waals surface area (Å²) in [6.07, 6.45) is 1.11. The van der Waals surface area contributed by atoms with Crippen LogP contribution in [0.5, 0.6) is 0 Å². The van der Waals surface area contributed by atoms with Gasteiger partial charge in [0.1, 0.15) is 0 Å². The molecule has 1 aliphatic rings. The van der Waals surface area contributed by atoms with Crippen LogP contribution in [-0.2, 0) is 14.3 Å². The van der Waals surface area contributed by atoms with Gasteiger partial charge in [0.25, 0.3) is 0 Å². The van der Waals surface area contributed by atoms with Gasteiger partial charge in [0, 0.05) is 13.1 Å². The van der Waals surface area contributed by atoms with Crippen LogP contribution in [0.1, 0.15) is 19.8 Å². The molecule has 0 aliphatic carbocycles. The summed E-state index contributed by atoms with van der Waals surface area (Å²) >= 11 is 0. The first kappa shape index (κ1) is 12.0. The molecule has 1 aliphatic heterocycles. The van der Waals surface area contributed by atoms with Gasteiger partial charge >= 0.3 is 5.97 Å². The molecule has 1 fully saturated rings. The monoisotopic (exact) mass is 214 g/mol. The van der Waals surface area contributed by atoms with Crippen LogP contribution in [0.15, 0.2) is 0 Å². The molecule has 15 heavy (non-hydrogen) atoms. The number of likely N-dealkylation sites (tertiary alicyclic amines) is 1. The molecule has 0 bridgehead atoms. The zero-order chi connectivity index (χ0) is 11.3. The quantitative estimate of drug-likeness (QED) is 0.642. The van der Waals surface area contributed by atoms with E-state index in [0.29, 0.717) is 6.54 Å². The van der Waals surface area contributed by atoms with Crippen molar-refractivity contribution in [3.05, 3.63) is 0 Å². The van der Waals surface area contributed by atoms with Crippen molar-refractivity contribution in [1.29, 1.82) is 0 Å². The minimum atomic E-state index is -0.269. The van der Waals surface area contributed by atoms with Crippen molar-refractivity contribution < 1.29 is 14.3 Å². The van der Waals surface area contributed by atoms with Gasteiger partial charge in [0.15, 0.2) is 0 Å². The van der Waals surface area contributed by atoms with E-state index in [1.54, 1.807) is 4.90 Å². The topological polar surface area (TPSA) is 58.6 Å². The fourth-order valence-corrected chi connectivity index (χ4v) is 1.73. The first-order valence-electron chi connectivity index (χ1n) is 5.28. The molecule has 86 valence electrons. The average molecular weight is 214 g/mol. The molecule has 0 aromatic rings. The highest BCUT2D eigenvalue weighted by Gasteiger charge is 2.30. The second kappa shape index (κ2) is 5.70. The Labute approximate surface area is 89.8 Å². The lowest BCUT2D eigenvalue weighted by Crippen LogP contribution is -2.38. The highest BCUT2D eigenvalue weighted by molar-refractivity contribution is 5.84. The number of nitrogens with one attached hydrogen (secondary N) is 1. The van der Waals surface area contributed by atoms with Crippen molar-refractivity contribution in [2.45, 2.75) is 25.8 Å². The van der Waals surface area contributed by atoms with E-state index < -0.39 is 0 Å². The molecule has 1 amide bonds. The van der Waals surface area contributed by atoms with Gasteiger partial charge in [-0.3, -0.25) is 9.59 Å². The van der Waals surface area contributed by atoms with Crippen LogP contribution in [-0.4, -0.2) is 49.6 Å². The van der Waals surface area contributed by atoms with Crippen molar-refractivity contribution in [3.8, 4) is 0 Å². The molecule has 1 N–H and O–H groups in total. The van der Waals surface area contributed by atoms with Gasteiger partial charge in [-0.25, -0.2) is 0 Å². The largest absolute Gasteiger partial charge is 0.469 e. The van der Waals surface area contributed by atoms with Crippen molar-refractivity contribution in [2.24, 2.45) is 0 Å². The lowest BCUT2D eigenvalue weighted by molar-refractivity contribution is -0.141. The molecule has 5 heteroatoms. The number of hydrogen-bond acceptors (Lipinski definition) is 4. The predicted molar refractivity (Wildman–Crippen MR) is 55.3 cm³/mol. The molecule has 0 saturated carbocycles. The number of ether oxygens (including phenoxy) is 1. The molecule has 1 atom stereocenters. The van der Waals surface area contributed by atoms with Crippen LogP contribution in [0.2, 0.25) is 0 Å². The number of esters is 1. The second-order valence-electron chi connectivity index (χ2n) is 3.55. The first-order valence-corrected chi connectivity index (χ1v) is 5.28. The molecule has 0 radical (unpaired) electrons. The fourth-order valence-electron chi connectivity index (χ4n) is 1.73. The predicted octanol–water partition coefficient (Wildman–Crippen LogP) is -0.240. The SMILES string of the molecule is CCNC1CCN(CCC(=O)OC)C1=O. The van der Waals surface area contributed by atoms with Crippen LogP contribution in [0.3, 0.4) is 0 Å². The maximum absolute atomic E-state index is 11.7. The summed E-state index contributed by atoms with van der Waals surface area (Å²) in [4.78, 5) is 24.3. The summed E-state index contributed by atoms with van der Waals surface area (Å²) < 4.78 is 4.53. The van der Waals surface area contributed by atoms with Crippen molar-refractivity contribution in [1.82, 2.24) is 10.2 Å². The van der Waals surface area contributed by atoms with Crippen LogP contribution < -0.4 is 5.32 Å². The summed E-state index contributed by atoms with van der Waals surface area (Å²) in [5, 5.41) is 3.12. The van der Waals surface area contributed by atoms with Gasteiger partial charge < -0.3 is 15.0 Å². The maximum atomic E-state index is 11.7. The maximum Gasteiger partial charge on any atom is 0.307 e. The van der Waals surface area contributed by atoms with Gasteiger partial charge in [-0.05, 0) is 13.0 Å². The third-order valence-corrected chi connectivity index (χ3v) is 2.56. The van der Waals surface area contributed by atoms with Gasteiger partial charge in [0.2, 0.25) is 5.91 Å². The number of methoxy groups -OCH3 is 1. The Morgan fingerprint density at radius 3 is 3.00 bits per heavy atom. The number of hydrogen-bond donors (Lipinski definition) is 1. The third-order valence-electron chi connectivity index (χ3n) is 2.56. The summed E-state index contributed by atoms with van der Waals surface area (Å²) in [5.41, 5.74) is 0. The Bertz CT molecular complexity index is 243. The van der Waals surface area contributed by atoms with E-state index >= 15 is 0 Å². The van der Waals surface area contributed by atoms with Gasteiger partial charge in [-0.2, -0.15) is 0 Å². The van der Waals surface area contributed by atoms with E-state index in [1.165, 1.54) is 7.11 Å². The minimum absolute atomic E-state index is 0.0624. The number of carbonyl (C=O) groups is 2. The second-order valence-corrected chi connectivity index (χ2v) is 3.55. The number of nitrogens with zero attached hydrogens (tertiary/aromatic N) is 1. The fraction of sp³-hybridized carbons (Fsp3) is 0.800. The smallest absolute Gasteiger partial charge is 0.307 e. The molecular formula is C10H18N2O3. The Balaban J connectivity index is 2.33. The highest BCUT2D eigenvalue weighted by atomic mass is 16.5. The van der Waals surface area contributed by atoms with E-state index in [0.717, 1.165) is 19.5 Å². The number of rotatable bonds is 5. The molecule has 0 spiro atoms. The minimum Gasteiger partial charge on any atom is -0.469 e. The van der Waals surface area contributed by atoms with E-state index in [-0.39, 0.29) is 24.3 Å². The molecule has 0 aromatic carbocycles. The van der Waals surface area contributed by atoms with E-state index in [2.05, 4.69) is 10.1 Å². The summed E-state index contributed by atoms with van der Waals surface area (Å²) in [7, 11) is 1.36. The van der Waals surface area contributed by atoms with E-state index in [9.17, 15) is 9.59 Å². The zero-order valence-corrected chi connectivity index (χ0v) is 9.28. The molecule has 1 rings (SSSR count). The molecule has 1 unspecified atom stereocenters. The van der Waals surface area contributed by atoms with E-state index in [1.807, 2.05) is 6.92 Å². The van der Waals surface area contributed by atoms with Crippen molar-refractivity contribution in [2.75, 3.05) is 26.7 Å². The van der Waals surface area contributed by atoms with Crippen molar-refractivity contribution >= 4 is 11.9 Å². The summed E-state index contributed by atoms with van der Waals surface area (Å²) in [6.45, 7) is 3.96. The Morgan fingerprint density at radius 2 is 2.40 bits per heavy atom. The molecule has 1 heterocycles. The van der Waals surface area contributed by atoms with Gasteiger partial charge in [0.05, 0.1) is 19.6 Å². The van der Waals surface area contributed by atoms with Crippen LogP contribution in [0.25, 0.3) is 0 Å². The zero-order valence-electron chi connectivity index (χ0n) is 9.28. The summed E-state index contributed by atoms with van der Waals surface area (Å²) in [5.74, 6) is -0.171. The third kappa shape index (κ3) is 3.20. The first-order chi connectivity index (χ1) is 7.19. The summed E-state index contributed by atoms with van der Waals surface area (Å²) in [6, 6.07) is -0.0624. The van der Waals surface area contributed by atoms with Crippen LogP contribution in [0, 0.1) is 0 Å². The van der Waals surface area contributed by atoms with Crippen LogP contribution >= 0.6 is 0 Å². The normalized spacial score (nSPS) is 20.8. The standard InChI is InChI=1S/C10H18N2O3/c1-3-11-8-4-6-12(10(8)14)7-5-9(13)15-2/h8,11H,3-7H2,1-2H3. The average Bonchev–Trinajstić information content (AvgIpc) is 2.58. The lowest BCUT2D eigenvalue weighted by atomic mass is 10.2. The molecule has 1 saturated heterocycles. The molecular weight excluding hydrogens is 196 g/mol. The number of carbonyl (C=O) groups excluding carboxylic acids is 2. The molecule has 5 nitrogen and oxygen atoms in total. The Morgan fingerprint density at radius 1 is 1.67 bits per heavy atom.